The van der Waals surface area contributed by atoms with Crippen molar-refractivity contribution in [2.24, 2.45) is 16.6 Å². The molecule has 1 aromatic carbocycles. The third-order valence-electron chi connectivity index (χ3n) is 4.13. The van der Waals surface area contributed by atoms with E-state index in [1.54, 1.807) is 0 Å². The van der Waals surface area contributed by atoms with E-state index < -0.39 is 11.6 Å². The molecule has 0 saturated carbocycles. The molecule has 1 saturated heterocycles. The van der Waals surface area contributed by atoms with E-state index in [0.29, 0.717) is 18.1 Å². The molecule has 0 spiro atoms. The average molecular weight is 423 g/mol. The number of hydrogen-bond acceptors (Lipinski definition) is 1. The molecular weight excluding hydrogens is 399 g/mol. The molecule has 0 radical (unpaired) electrons. The summed E-state index contributed by atoms with van der Waals surface area (Å²) in [6, 6.07) is 3.66. The standard InChI is InChI=1S/C16H23F2N3.HI/c1-11-5-7-21(8-6-11)16(19)20-10-12(2)14-4-3-13(17)9-15(14)18;/h3-4,9,11-12H,5-8,10H2,1-2H3,(H2,19,20);1H. The van der Waals surface area contributed by atoms with Gasteiger partial charge in [-0.25, -0.2) is 8.78 Å². The first-order chi connectivity index (χ1) is 9.97. The van der Waals surface area contributed by atoms with Crippen LogP contribution in [-0.4, -0.2) is 30.5 Å². The molecule has 1 unspecified atom stereocenters. The smallest absolute Gasteiger partial charge is 0.191 e. The molecule has 1 aliphatic heterocycles. The van der Waals surface area contributed by atoms with E-state index in [2.05, 4.69) is 16.8 Å². The Morgan fingerprint density at radius 2 is 2.00 bits per heavy atom. The van der Waals surface area contributed by atoms with Gasteiger partial charge >= 0.3 is 0 Å². The number of nitrogens with zero attached hydrogens (tertiary/aromatic N) is 2. The Labute approximate surface area is 148 Å². The number of benzene rings is 1. The second-order valence-corrected chi connectivity index (χ2v) is 5.94. The highest BCUT2D eigenvalue weighted by atomic mass is 127. The summed E-state index contributed by atoms with van der Waals surface area (Å²) in [6.07, 6.45) is 2.25. The maximum absolute atomic E-state index is 13.7. The molecule has 1 atom stereocenters. The Bertz CT molecular complexity index is 514. The fraction of sp³-hybridized carbons (Fsp3) is 0.562. The number of rotatable bonds is 3. The summed E-state index contributed by atoms with van der Waals surface area (Å²) >= 11 is 0. The van der Waals surface area contributed by atoms with Gasteiger partial charge in [0.15, 0.2) is 5.96 Å². The van der Waals surface area contributed by atoms with E-state index in [1.807, 2.05) is 6.92 Å². The number of guanidine groups is 1. The summed E-state index contributed by atoms with van der Waals surface area (Å²) in [5.41, 5.74) is 6.48. The number of nitrogens with two attached hydrogens (primary N) is 1. The maximum Gasteiger partial charge on any atom is 0.191 e. The summed E-state index contributed by atoms with van der Waals surface area (Å²) < 4.78 is 26.6. The number of halogens is 3. The Morgan fingerprint density at radius 3 is 2.59 bits per heavy atom. The molecule has 2 rings (SSSR count). The highest BCUT2D eigenvalue weighted by Crippen LogP contribution is 2.20. The van der Waals surface area contributed by atoms with Crippen LogP contribution < -0.4 is 5.73 Å². The monoisotopic (exact) mass is 423 g/mol. The molecule has 2 N–H and O–H groups in total. The quantitative estimate of drug-likeness (QED) is 0.458. The zero-order chi connectivity index (χ0) is 15.4. The van der Waals surface area contributed by atoms with E-state index in [4.69, 9.17) is 5.73 Å². The summed E-state index contributed by atoms with van der Waals surface area (Å²) in [5, 5.41) is 0. The van der Waals surface area contributed by atoms with Gasteiger partial charge in [0, 0.05) is 31.6 Å². The Balaban J connectivity index is 0.00000242. The van der Waals surface area contributed by atoms with Gasteiger partial charge in [0.1, 0.15) is 11.6 Å². The molecule has 3 nitrogen and oxygen atoms in total. The Kier molecular flexibility index (Phi) is 7.52. The van der Waals surface area contributed by atoms with E-state index in [1.165, 1.54) is 12.1 Å². The molecule has 124 valence electrons. The lowest BCUT2D eigenvalue weighted by Gasteiger charge is -2.31. The largest absolute Gasteiger partial charge is 0.370 e. The lowest BCUT2D eigenvalue weighted by Crippen LogP contribution is -2.42. The van der Waals surface area contributed by atoms with Gasteiger partial charge in [-0.1, -0.05) is 19.9 Å². The highest BCUT2D eigenvalue weighted by molar-refractivity contribution is 14.0. The second-order valence-electron chi connectivity index (χ2n) is 5.94. The van der Waals surface area contributed by atoms with Crippen molar-refractivity contribution in [1.82, 2.24) is 4.90 Å². The molecule has 1 heterocycles. The van der Waals surface area contributed by atoms with Gasteiger partial charge in [-0.15, -0.1) is 24.0 Å². The van der Waals surface area contributed by atoms with Crippen LogP contribution >= 0.6 is 24.0 Å². The number of piperidine rings is 1. The molecule has 0 amide bonds. The molecule has 0 aliphatic carbocycles. The fourth-order valence-electron chi connectivity index (χ4n) is 2.57. The topological polar surface area (TPSA) is 41.6 Å². The van der Waals surface area contributed by atoms with E-state index in [-0.39, 0.29) is 29.9 Å². The predicted octanol–water partition coefficient (Wildman–Crippen LogP) is 3.73. The normalized spacial score (nSPS) is 18.0. The van der Waals surface area contributed by atoms with Crippen molar-refractivity contribution in [3.63, 3.8) is 0 Å². The van der Waals surface area contributed by atoms with Crippen LogP contribution in [0, 0.1) is 17.6 Å². The van der Waals surface area contributed by atoms with Crippen LogP contribution in [0.5, 0.6) is 0 Å². The van der Waals surface area contributed by atoms with Gasteiger partial charge in [-0.3, -0.25) is 4.99 Å². The molecular formula is C16H24F2IN3. The number of hydrogen-bond donors (Lipinski definition) is 1. The summed E-state index contributed by atoms with van der Waals surface area (Å²) in [5.74, 6) is 0.0439. The fourth-order valence-corrected chi connectivity index (χ4v) is 2.57. The number of likely N-dealkylation sites (tertiary alicyclic amines) is 1. The summed E-state index contributed by atoms with van der Waals surface area (Å²) in [4.78, 5) is 6.45. The van der Waals surface area contributed by atoms with Crippen molar-refractivity contribution in [2.75, 3.05) is 19.6 Å². The van der Waals surface area contributed by atoms with Crippen molar-refractivity contribution in [3.05, 3.63) is 35.4 Å². The maximum atomic E-state index is 13.7. The Morgan fingerprint density at radius 1 is 1.36 bits per heavy atom. The average Bonchev–Trinajstić information content (AvgIpc) is 2.45. The third-order valence-corrected chi connectivity index (χ3v) is 4.13. The van der Waals surface area contributed by atoms with Gasteiger partial charge in [0.05, 0.1) is 0 Å². The minimum absolute atomic E-state index is 0. The first-order valence-corrected chi connectivity index (χ1v) is 7.47. The molecule has 0 aromatic heterocycles. The van der Waals surface area contributed by atoms with Gasteiger partial charge in [0.25, 0.3) is 0 Å². The predicted molar refractivity (Wildman–Crippen MR) is 96.6 cm³/mol. The van der Waals surface area contributed by atoms with Crippen LogP contribution in [0.25, 0.3) is 0 Å². The third kappa shape index (κ3) is 5.07. The van der Waals surface area contributed by atoms with Crippen molar-refractivity contribution in [2.45, 2.75) is 32.6 Å². The molecule has 0 bridgehead atoms. The van der Waals surface area contributed by atoms with Crippen LogP contribution in [0.15, 0.2) is 23.2 Å². The zero-order valence-corrected chi connectivity index (χ0v) is 15.4. The van der Waals surface area contributed by atoms with Crippen molar-refractivity contribution in [1.29, 1.82) is 0 Å². The van der Waals surface area contributed by atoms with Crippen LogP contribution in [0.1, 0.15) is 38.2 Å². The molecule has 1 aliphatic rings. The summed E-state index contributed by atoms with van der Waals surface area (Å²) in [6.45, 7) is 6.36. The lowest BCUT2D eigenvalue weighted by atomic mass is 9.99. The SMILES string of the molecule is CC1CCN(C(N)=NCC(C)c2ccc(F)cc2F)CC1.I. The van der Waals surface area contributed by atoms with E-state index in [0.717, 1.165) is 37.9 Å². The van der Waals surface area contributed by atoms with Crippen molar-refractivity contribution in [3.8, 4) is 0 Å². The van der Waals surface area contributed by atoms with Gasteiger partial charge < -0.3 is 10.6 Å². The first kappa shape index (κ1) is 19.1. The Hall–Kier alpha value is -0.920. The van der Waals surface area contributed by atoms with E-state index >= 15 is 0 Å². The van der Waals surface area contributed by atoms with Crippen LogP contribution in [0.2, 0.25) is 0 Å². The molecule has 1 fully saturated rings. The van der Waals surface area contributed by atoms with E-state index in [9.17, 15) is 8.78 Å². The molecule has 22 heavy (non-hydrogen) atoms. The van der Waals surface area contributed by atoms with Gasteiger partial charge in [0.2, 0.25) is 0 Å². The van der Waals surface area contributed by atoms with Crippen LogP contribution in [0.4, 0.5) is 8.78 Å². The zero-order valence-electron chi connectivity index (χ0n) is 13.1. The minimum Gasteiger partial charge on any atom is -0.370 e. The van der Waals surface area contributed by atoms with Gasteiger partial charge in [-0.2, -0.15) is 0 Å². The summed E-state index contributed by atoms with van der Waals surface area (Å²) in [7, 11) is 0. The first-order valence-electron chi connectivity index (χ1n) is 7.47. The van der Waals surface area contributed by atoms with Crippen LogP contribution in [0.3, 0.4) is 0 Å². The van der Waals surface area contributed by atoms with Crippen molar-refractivity contribution >= 4 is 29.9 Å². The molecule has 6 heteroatoms. The second kappa shape index (κ2) is 8.64. The van der Waals surface area contributed by atoms with Gasteiger partial charge in [-0.05, 0) is 30.4 Å². The minimum atomic E-state index is -0.561. The highest BCUT2D eigenvalue weighted by Gasteiger charge is 2.17. The van der Waals surface area contributed by atoms with Crippen LogP contribution in [-0.2, 0) is 0 Å². The molecule has 1 aromatic rings. The number of aliphatic imine (C=N–C) groups is 1. The lowest BCUT2D eigenvalue weighted by molar-refractivity contribution is 0.277. The van der Waals surface area contributed by atoms with Crippen molar-refractivity contribution < 1.29 is 8.78 Å².